The fraction of sp³-hybridized carbons (Fsp3) is 0.192. The molecule has 168 valence electrons. The molecule has 0 bridgehead atoms. The lowest BCUT2D eigenvalue weighted by atomic mass is 10.0. The second-order valence-electron chi connectivity index (χ2n) is 7.58. The van der Waals surface area contributed by atoms with Gasteiger partial charge in [0, 0.05) is 28.9 Å². The van der Waals surface area contributed by atoms with Crippen LogP contribution in [0.25, 0.3) is 11.3 Å². The van der Waals surface area contributed by atoms with Crippen LogP contribution in [0.1, 0.15) is 34.8 Å². The van der Waals surface area contributed by atoms with Crippen molar-refractivity contribution in [2.45, 2.75) is 27.2 Å². The molecule has 2 heterocycles. The summed E-state index contributed by atoms with van der Waals surface area (Å²) in [5, 5.41) is 5.36. The van der Waals surface area contributed by atoms with Gasteiger partial charge in [0.05, 0.1) is 12.3 Å². The molecule has 0 saturated carbocycles. The maximum Gasteiger partial charge on any atom is 0.257 e. The van der Waals surface area contributed by atoms with Crippen LogP contribution in [0.2, 0.25) is 0 Å². The highest BCUT2D eigenvalue weighted by Gasteiger charge is 2.14. The highest BCUT2D eigenvalue weighted by molar-refractivity contribution is 7.14. The minimum atomic E-state index is -0.207. The number of aryl methyl sites for hydroxylation is 2. The first-order valence-electron chi connectivity index (χ1n) is 10.7. The first kappa shape index (κ1) is 22.5. The molecule has 0 radical (unpaired) electrons. The van der Waals surface area contributed by atoms with Crippen LogP contribution in [0.4, 0.5) is 5.13 Å². The van der Waals surface area contributed by atoms with Crippen molar-refractivity contribution in [1.29, 1.82) is 0 Å². The molecule has 0 aliphatic rings. The monoisotopic (exact) mass is 459 g/mol. The zero-order valence-electron chi connectivity index (χ0n) is 18.8. The Morgan fingerprint density at radius 1 is 0.970 bits per heavy atom. The SMILES string of the molecule is CCCOc1ccc(Oc2cc(C)c(-c3csc(NC(=O)c4ccncc4)n3)c(C)c2)cc1. The number of hydrogen-bond acceptors (Lipinski definition) is 6. The highest BCUT2D eigenvalue weighted by Crippen LogP contribution is 2.34. The van der Waals surface area contributed by atoms with E-state index in [1.165, 1.54) is 11.3 Å². The molecule has 0 fully saturated rings. The van der Waals surface area contributed by atoms with E-state index in [2.05, 4.69) is 22.2 Å². The fourth-order valence-electron chi connectivity index (χ4n) is 3.47. The Bertz CT molecular complexity index is 1210. The first-order chi connectivity index (χ1) is 16.0. The summed E-state index contributed by atoms with van der Waals surface area (Å²) in [5.74, 6) is 2.14. The van der Waals surface area contributed by atoms with Gasteiger partial charge in [-0.2, -0.15) is 0 Å². The zero-order valence-corrected chi connectivity index (χ0v) is 19.6. The largest absolute Gasteiger partial charge is 0.494 e. The number of anilines is 1. The number of amides is 1. The molecule has 4 rings (SSSR count). The molecule has 0 aliphatic carbocycles. The van der Waals surface area contributed by atoms with Crippen LogP contribution in [0, 0.1) is 13.8 Å². The Balaban J connectivity index is 1.48. The van der Waals surface area contributed by atoms with Crippen LogP contribution >= 0.6 is 11.3 Å². The van der Waals surface area contributed by atoms with Gasteiger partial charge in [0.1, 0.15) is 17.2 Å². The molecule has 2 aromatic carbocycles. The van der Waals surface area contributed by atoms with Crippen molar-refractivity contribution in [3.8, 4) is 28.5 Å². The van der Waals surface area contributed by atoms with E-state index in [9.17, 15) is 4.79 Å². The number of rotatable bonds is 8. The number of pyridine rings is 1. The maximum absolute atomic E-state index is 12.4. The number of thiazole rings is 1. The van der Waals surface area contributed by atoms with Crippen LogP contribution in [0.5, 0.6) is 17.2 Å². The van der Waals surface area contributed by atoms with Crippen LogP contribution in [-0.4, -0.2) is 22.5 Å². The number of nitrogens with zero attached hydrogens (tertiary/aromatic N) is 2. The van der Waals surface area contributed by atoms with E-state index in [-0.39, 0.29) is 5.91 Å². The normalized spacial score (nSPS) is 10.6. The summed E-state index contributed by atoms with van der Waals surface area (Å²) in [6, 6.07) is 15.0. The van der Waals surface area contributed by atoms with Crippen molar-refractivity contribution < 1.29 is 14.3 Å². The quantitative estimate of drug-likeness (QED) is 0.319. The molecule has 0 unspecified atom stereocenters. The van der Waals surface area contributed by atoms with Gasteiger partial charge in [-0.25, -0.2) is 4.98 Å². The number of benzene rings is 2. The van der Waals surface area contributed by atoms with Gasteiger partial charge in [0.2, 0.25) is 0 Å². The number of aromatic nitrogens is 2. The smallest absolute Gasteiger partial charge is 0.257 e. The van der Waals surface area contributed by atoms with Crippen LogP contribution in [0.15, 0.2) is 66.3 Å². The van der Waals surface area contributed by atoms with Crippen LogP contribution in [-0.2, 0) is 0 Å². The summed E-state index contributed by atoms with van der Waals surface area (Å²) in [5.41, 5.74) is 4.49. The Labute approximate surface area is 197 Å². The van der Waals surface area contributed by atoms with E-state index in [4.69, 9.17) is 9.47 Å². The summed E-state index contributed by atoms with van der Waals surface area (Å²) in [6.07, 6.45) is 4.15. The summed E-state index contributed by atoms with van der Waals surface area (Å²) in [6.45, 7) is 6.85. The number of hydrogen-bond donors (Lipinski definition) is 1. The average Bonchev–Trinajstić information content (AvgIpc) is 3.26. The van der Waals surface area contributed by atoms with Gasteiger partial charge in [0.25, 0.3) is 5.91 Å². The number of carbonyl (C=O) groups is 1. The Morgan fingerprint density at radius 2 is 1.64 bits per heavy atom. The van der Waals surface area contributed by atoms with Gasteiger partial charge >= 0.3 is 0 Å². The number of ether oxygens (including phenoxy) is 2. The fourth-order valence-corrected chi connectivity index (χ4v) is 4.16. The second kappa shape index (κ2) is 10.3. The Hall–Kier alpha value is -3.71. The highest BCUT2D eigenvalue weighted by atomic mass is 32.1. The second-order valence-corrected chi connectivity index (χ2v) is 8.44. The number of nitrogens with one attached hydrogen (secondary N) is 1. The third-order valence-electron chi connectivity index (χ3n) is 4.96. The summed E-state index contributed by atoms with van der Waals surface area (Å²) in [4.78, 5) is 21.0. The predicted molar refractivity (Wildman–Crippen MR) is 132 cm³/mol. The maximum atomic E-state index is 12.4. The van der Waals surface area contributed by atoms with Crippen molar-refractivity contribution in [1.82, 2.24) is 9.97 Å². The van der Waals surface area contributed by atoms with Gasteiger partial charge in [-0.15, -0.1) is 11.3 Å². The van der Waals surface area contributed by atoms with Gasteiger partial charge < -0.3 is 9.47 Å². The predicted octanol–water partition coefficient (Wildman–Crippen LogP) is 6.66. The van der Waals surface area contributed by atoms with Crippen molar-refractivity contribution in [2.75, 3.05) is 11.9 Å². The lowest BCUT2D eigenvalue weighted by molar-refractivity contribution is 0.102. The van der Waals surface area contributed by atoms with Crippen molar-refractivity contribution in [2.24, 2.45) is 0 Å². The molecule has 6 nitrogen and oxygen atoms in total. The topological polar surface area (TPSA) is 73.3 Å². The van der Waals surface area contributed by atoms with Crippen LogP contribution in [0.3, 0.4) is 0 Å². The molecular weight excluding hydrogens is 434 g/mol. The Kier molecular flexibility index (Phi) is 7.00. The molecule has 0 saturated heterocycles. The minimum Gasteiger partial charge on any atom is -0.494 e. The lowest BCUT2D eigenvalue weighted by Gasteiger charge is -2.13. The molecule has 4 aromatic rings. The van der Waals surface area contributed by atoms with E-state index in [1.807, 2.05) is 55.6 Å². The van der Waals surface area contributed by atoms with E-state index >= 15 is 0 Å². The molecule has 0 aliphatic heterocycles. The van der Waals surface area contributed by atoms with Crippen molar-refractivity contribution in [3.63, 3.8) is 0 Å². The molecule has 1 amide bonds. The number of carbonyl (C=O) groups excluding carboxylic acids is 1. The third-order valence-corrected chi connectivity index (χ3v) is 5.72. The minimum absolute atomic E-state index is 0.207. The van der Waals surface area contributed by atoms with E-state index < -0.39 is 0 Å². The standard InChI is InChI=1S/C26H25N3O3S/c1-4-13-31-20-5-7-21(8-6-20)32-22-14-17(2)24(18(3)15-22)23-16-33-26(28-23)29-25(30)19-9-11-27-12-10-19/h5-12,14-16H,4,13H2,1-3H3,(H,28,29,30). The molecular formula is C26H25N3O3S. The molecule has 33 heavy (non-hydrogen) atoms. The van der Waals surface area contributed by atoms with Gasteiger partial charge in [0.15, 0.2) is 5.13 Å². The molecule has 1 N–H and O–H groups in total. The third kappa shape index (κ3) is 5.56. The van der Waals surface area contributed by atoms with Crippen molar-refractivity contribution in [3.05, 3.63) is 83.0 Å². The summed E-state index contributed by atoms with van der Waals surface area (Å²) < 4.78 is 11.7. The molecule has 7 heteroatoms. The van der Waals surface area contributed by atoms with E-state index in [1.54, 1.807) is 24.5 Å². The lowest BCUT2D eigenvalue weighted by Crippen LogP contribution is -2.11. The average molecular weight is 460 g/mol. The first-order valence-corrected chi connectivity index (χ1v) is 11.6. The van der Waals surface area contributed by atoms with E-state index in [0.29, 0.717) is 17.3 Å². The Morgan fingerprint density at radius 3 is 2.30 bits per heavy atom. The van der Waals surface area contributed by atoms with Crippen molar-refractivity contribution >= 4 is 22.4 Å². The summed E-state index contributed by atoms with van der Waals surface area (Å²) >= 11 is 1.40. The van der Waals surface area contributed by atoms with Gasteiger partial charge in [-0.05, 0) is 79.9 Å². The van der Waals surface area contributed by atoms with Gasteiger partial charge in [-0.3, -0.25) is 15.1 Å². The molecule has 2 aromatic heterocycles. The zero-order chi connectivity index (χ0) is 23.2. The van der Waals surface area contributed by atoms with E-state index in [0.717, 1.165) is 46.1 Å². The van der Waals surface area contributed by atoms with Crippen LogP contribution < -0.4 is 14.8 Å². The summed E-state index contributed by atoms with van der Waals surface area (Å²) in [7, 11) is 0. The molecule has 0 atom stereocenters. The van der Waals surface area contributed by atoms with Gasteiger partial charge in [-0.1, -0.05) is 6.92 Å². The molecule has 0 spiro atoms.